The number of pyridine rings is 1. The van der Waals surface area contributed by atoms with Gasteiger partial charge in [0.2, 0.25) is 0 Å². The summed E-state index contributed by atoms with van der Waals surface area (Å²) in [5.41, 5.74) is 2.12. The van der Waals surface area contributed by atoms with E-state index in [-0.39, 0.29) is 0 Å². The molecule has 86 valence electrons. The van der Waals surface area contributed by atoms with Gasteiger partial charge < -0.3 is 4.57 Å². The average molecular weight is 208 g/mol. The SMILES string of the molecule is C=Cn1cccc(C)c1=NC.CC.CC. The van der Waals surface area contributed by atoms with Gasteiger partial charge in [-0.25, -0.2) is 0 Å². The topological polar surface area (TPSA) is 17.3 Å². The fourth-order valence-electron chi connectivity index (χ4n) is 1.07. The van der Waals surface area contributed by atoms with Gasteiger partial charge in [-0.3, -0.25) is 4.99 Å². The Morgan fingerprint density at radius 1 is 1.27 bits per heavy atom. The summed E-state index contributed by atoms with van der Waals surface area (Å²) in [6.07, 6.45) is 3.68. The van der Waals surface area contributed by atoms with Crippen LogP contribution in [0.4, 0.5) is 0 Å². The average Bonchev–Trinajstić information content (AvgIpc) is 2.33. The zero-order chi connectivity index (χ0) is 12.3. The third kappa shape index (κ3) is 5.21. The molecule has 0 spiro atoms. The van der Waals surface area contributed by atoms with Gasteiger partial charge in [0, 0.05) is 19.4 Å². The second kappa shape index (κ2) is 10.8. The molecule has 2 nitrogen and oxygen atoms in total. The van der Waals surface area contributed by atoms with E-state index in [4.69, 9.17) is 0 Å². The summed E-state index contributed by atoms with van der Waals surface area (Å²) in [5.74, 6) is 0. The van der Waals surface area contributed by atoms with Crippen molar-refractivity contribution < 1.29 is 0 Å². The minimum Gasteiger partial charge on any atom is -0.309 e. The fourth-order valence-corrected chi connectivity index (χ4v) is 1.07. The quantitative estimate of drug-likeness (QED) is 0.672. The highest BCUT2D eigenvalue weighted by atomic mass is 15.0. The Labute approximate surface area is 94.0 Å². The molecule has 0 saturated heterocycles. The van der Waals surface area contributed by atoms with Crippen LogP contribution >= 0.6 is 0 Å². The molecule has 0 bridgehead atoms. The normalized spacial score (nSPS) is 9.33. The molecule has 0 atom stereocenters. The van der Waals surface area contributed by atoms with Crippen molar-refractivity contribution in [2.24, 2.45) is 4.99 Å². The number of nitrogens with zero attached hydrogens (tertiary/aromatic N) is 2. The van der Waals surface area contributed by atoms with E-state index < -0.39 is 0 Å². The van der Waals surface area contributed by atoms with Crippen molar-refractivity contribution in [2.45, 2.75) is 34.6 Å². The summed E-state index contributed by atoms with van der Waals surface area (Å²) >= 11 is 0. The largest absolute Gasteiger partial charge is 0.309 e. The van der Waals surface area contributed by atoms with Crippen LogP contribution in [0.2, 0.25) is 0 Å². The molecule has 1 aromatic rings. The third-order valence-electron chi connectivity index (χ3n) is 1.60. The van der Waals surface area contributed by atoms with Gasteiger partial charge >= 0.3 is 0 Å². The van der Waals surface area contributed by atoms with E-state index in [0.29, 0.717) is 0 Å². The Balaban J connectivity index is 0. The Morgan fingerprint density at radius 3 is 2.13 bits per heavy atom. The summed E-state index contributed by atoms with van der Waals surface area (Å²) in [5, 5.41) is 0. The van der Waals surface area contributed by atoms with Crippen LogP contribution in [-0.2, 0) is 0 Å². The summed E-state index contributed by atoms with van der Waals surface area (Å²) in [7, 11) is 1.78. The molecule has 0 fully saturated rings. The Morgan fingerprint density at radius 2 is 1.80 bits per heavy atom. The van der Waals surface area contributed by atoms with Gasteiger partial charge in [0.15, 0.2) is 0 Å². The molecule has 1 aromatic heterocycles. The van der Waals surface area contributed by atoms with Crippen LogP contribution in [0.3, 0.4) is 0 Å². The predicted octanol–water partition coefficient (Wildman–Crippen LogP) is 3.48. The van der Waals surface area contributed by atoms with Gasteiger partial charge in [0.1, 0.15) is 5.49 Å². The van der Waals surface area contributed by atoms with E-state index in [1.807, 2.05) is 57.5 Å². The van der Waals surface area contributed by atoms with E-state index in [0.717, 1.165) is 11.1 Å². The van der Waals surface area contributed by atoms with Crippen molar-refractivity contribution in [1.82, 2.24) is 4.57 Å². The number of aromatic nitrogens is 1. The lowest BCUT2D eigenvalue weighted by molar-refractivity contribution is 0.967. The Hall–Kier alpha value is -1.31. The molecule has 0 aromatic carbocycles. The van der Waals surface area contributed by atoms with Crippen LogP contribution in [0.25, 0.3) is 6.20 Å². The standard InChI is InChI=1S/C9H12N2.2C2H6/c1-4-11-7-5-6-8(2)9(11)10-3;2*1-2/h4-7H,1H2,2-3H3;2*1-2H3. The van der Waals surface area contributed by atoms with Crippen molar-refractivity contribution in [3.8, 4) is 0 Å². The molecule has 0 amide bonds. The van der Waals surface area contributed by atoms with Crippen LogP contribution in [0.5, 0.6) is 0 Å². The van der Waals surface area contributed by atoms with Crippen LogP contribution in [0.1, 0.15) is 33.3 Å². The van der Waals surface area contributed by atoms with Gasteiger partial charge in [0.05, 0.1) is 0 Å². The maximum atomic E-state index is 4.13. The molecule has 0 aliphatic heterocycles. The monoisotopic (exact) mass is 208 g/mol. The van der Waals surface area contributed by atoms with Crippen molar-refractivity contribution >= 4 is 6.20 Å². The van der Waals surface area contributed by atoms with E-state index in [2.05, 4.69) is 11.6 Å². The van der Waals surface area contributed by atoms with E-state index in [1.165, 1.54) is 0 Å². The minimum atomic E-state index is 0.961. The van der Waals surface area contributed by atoms with Gasteiger partial charge in [0.25, 0.3) is 0 Å². The molecule has 1 heterocycles. The smallest absolute Gasteiger partial charge is 0.134 e. The molecule has 0 N–H and O–H groups in total. The molecular weight excluding hydrogens is 184 g/mol. The lowest BCUT2D eigenvalue weighted by atomic mass is 10.3. The Bertz CT molecular complexity index is 322. The fraction of sp³-hybridized carbons (Fsp3) is 0.462. The first-order chi connectivity index (χ1) is 7.29. The number of hydrogen-bond acceptors (Lipinski definition) is 1. The molecule has 0 saturated carbocycles. The second-order valence-electron chi connectivity index (χ2n) is 2.33. The van der Waals surface area contributed by atoms with Crippen LogP contribution < -0.4 is 5.49 Å². The zero-order valence-corrected chi connectivity index (χ0v) is 10.9. The lowest BCUT2D eigenvalue weighted by Gasteiger charge is -2.01. The Kier molecular flexibility index (Phi) is 11.6. The van der Waals surface area contributed by atoms with E-state index >= 15 is 0 Å². The molecule has 1 rings (SSSR count). The molecule has 0 aliphatic rings. The summed E-state index contributed by atoms with van der Waals surface area (Å²) in [4.78, 5) is 4.13. The van der Waals surface area contributed by atoms with Crippen LogP contribution in [0.15, 0.2) is 29.9 Å². The van der Waals surface area contributed by atoms with Gasteiger partial charge in [-0.1, -0.05) is 40.3 Å². The molecule has 0 aliphatic carbocycles. The minimum absolute atomic E-state index is 0.961. The molecule has 0 unspecified atom stereocenters. The highest BCUT2D eigenvalue weighted by molar-refractivity contribution is 5.20. The van der Waals surface area contributed by atoms with Crippen molar-refractivity contribution in [1.29, 1.82) is 0 Å². The van der Waals surface area contributed by atoms with Gasteiger partial charge in [-0.15, -0.1) is 0 Å². The van der Waals surface area contributed by atoms with Crippen molar-refractivity contribution in [2.75, 3.05) is 7.05 Å². The van der Waals surface area contributed by atoms with Crippen LogP contribution in [-0.4, -0.2) is 11.6 Å². The second-order valence-corrected chi connectivity index (χ2v) is 2.33. The highest BCUT2D eigenvalue weighted by Crippen LogP contribution is 1.88. The molecule has 2 heteroatoms. The maximum absolute atomic E-state index is 4.13. The summed E-state index contributed by atoms with van der Waals surface area (Å²) in [6, 6.07) is 4.01. The number of hydrogen-bond donors (Lipinski definition) is 0. The highest BCUT2D eigenvalue weighted by Gasteiger charge is 1.89. The molecule has 0 radical (unpaired) electrons. The van der Waals surface area contributed by atoms with Crippen molar-refractivity contribution in [3.05, 3.63) is 36.0 Å². The predicted molar refractivity (Wildman–Crippen MR) is 69.7 cm³/mol. The summed E-state index contributed by atoms with van der Waals surface area (Å²) < 4.78 is 1.90. The molecular formula is C13H24N2. The first-order valence-electron chi connectivity index (χ1n) is 5.52. The maximum Gasteiger partial charge on any atom is 0.134 e. The number of rotatable bonds is 1. The van der Waals surface area contributed by atoms with Gasteiger partial charge in [-0.05, 0) is 18.6 Å². The van der Waals surface area contributed by atoms with Crippen molar-refractivity contribution in [3.63, 3.8) is 0 Å². The third-order valence-corrected chi connectivity index (χ3v) is 1.60. The first-order valence-corrected chi connectivity index (χ1v) is 5.52. The van der Waals surface area contributed by atoms with E-state index in [9.17, 15) is 0 Å². The zero-order valence-electron chi connectivity index (χ0n) is 10.9. The summed E-state index contributed by atoms with van der Waals surface area (Å²) in [6.45, 7) is 13.7. The first kappa shape index (κ1) is 16.1. The lowest BCUT2D eigenvalue weighted by Crippen LogP contribution is -2.18. The van der Waals surface area contributed by atoms with Crippen LogP contribution in [0, 0.1) is 6.92 Å². The van der Waals surface area contributed by atoms with Gasteiger partial charge in [-0.2, -0.15) is 0 Å². The van der Waals surface area contributed by atoms with E-state index in [1.54, 1.807) is 13.2 Å². The molecule has 15 heavy (non-hydrogen) atoms. The number of aryl methyl sites for hydroxylation is 1.